The number of furan rings is 1. The van der Waals surface area contributed by atoms with Gasteiger partial charge in [-0.15, -0.1) is 11.3 Å². The van der Waals surface area contributed by atoms with E-state index >= 15 is 0 Å². The molecule has 4 nitrogen and oxygen atoms in total. The number of nitrogens with zero attached hydrogens (tertiary/aromatic N) is 2. The van der Waals surface area contributed by atoms with Crippen LogP contribution in [0, 0.1) is 11.3 Å². The van der Waals surface area contributed by atoms with Gasteiger partial charge < -0.3 is 9.15 Å². The Kier molecular flexibility index (Phi) is 4.99. The predicted octanol–water partition coefficient (Wildman–Crippen LogP) is 5.52. The largest absolute Gasteiger partial charge is 0.465 e. The second kappa shape index (κ2) is 7.35. The van der Waals surface area contributed by atoms with Crippen molar-refractivity contribution < 1.29 is 9.15 Å². The molecule has 2 heterocycles. The van der Waals surface area contributed by atoms with Gasteiger partial charge in [0.2, 0.25) is 0 Å². The Labute approximate surface area is 148 Å². The molecular formula is C18H13ClN2O2S. The maximum Gasteiger partial charge on any atom is 0.284 e. The lowest BCUT2D eigenvalue weighted by molar-refractivity contribution is 0.256. The third-order valence-electron chi connectivity index (χ3n) is 3.17. The summed E-state index contributed by atoms with van der Waals surface area (Å²) < 4.78 is 10.8. The van der Waals surface area contributed by atoms with Gasteiger partial charge in [0.25, 0.3) is 5.95 Å². The van der Waals surface area contributed by atoms with Crippen molar-refractivity contribution in [2.75, 3.05) is 6.61 Å². The van der Waals surface area contributed by atoms with Crippen LogP contribution < -0.4 is 4.74 Å². The van der Waals surface area contributed by atoms with Crippen LogP contribution in [-0.2, 0) is 0 Å². The third kappa shape index (κ3) is 3.67. The molecule has 0 fully saturated rings. The average Bonchev–Trinajstić information content (AvgIpc) is 3.23. The van der Waals surface area contributed by atoms with E-state index in [4.69, 9.17) is 20.8 Å². The van der Waals surface area contributed by atoms with E-state index in [0.717, 1.165) is 11.3 Å². The van der Waals surface area contributed by atoms with E-state index < -0.39 is 0 Å². The number of nitriles is 1. The molecule has 120 valence electrons. The maximum absolute atomic E-state index is 9.43. The molecule has 0 saturated carbocycles. The summed E-state index contributed by atoms with van der Waals surface area (Å²) in [7, 11) is 0. The Bertz CT molecular complexity index is 904. The minimum atomic E-state index is 0.432. The number of halogens is 1. The average molecular weight is 357 g/mol. The van der Waals surface area contributed by atoms with E-state index in [1.807, 2.05) is 36.6 Å². The molecule has 0 bridgehead atoms. The van der Waals surface area contributed by atoms with Crippen LogP contribution in [0.1, 0.15) is 17.7 Å². The fourth-order valence-corrected chi connectivity index (χ4v) is 2.99. The monoisotopic (exact) mass is 356 g/mol. The van der Waals surface area contributed by atoms with Crippen molar-refractivity contribution in [3.63, 3.8) is 0 Å². The second-order valence-electron chi connectivity index (χ2n) is 4.80. The number of hydrogen-bond donors (Lipinski definition) is 0. The highest BCUT2D eigenvalue weighted by Gasteiger charge is 2.10. The van der Waals surface area contributed by atoms with Crippen molar-refractivity contribution in [1.29, 1.82) is 5.26 Å². The fraction of sp³-hybridized carbons (Fsp3) is 0.111. The van der Waals surface area contributed by atoms with Gasteiger partial charge in [-0.2, -0.15) is 5.26 Å². The molecule has 0 radical (unpaired) electrons. The highest BCUT2D eigenvalue weighted by atomic mass is 35.5. The lowest BCUT2D eigenvalue weighted by atomic mass is 10.2. The van der Waals surface area contributed by atoms with Crippen molar-refractivity contribution >= 4 is 34.6 Å². The zero-order chi connectivity index (χ0) is 16.9. The minimum Gasteiger partial charge on any atom is -0.465 e. The molecule has 3 aromatic rings. The first kappa shape index (κ1) is 16.3. The molecule has 0 aliphatic rings. The molecule has 0 amide bonds. The van der Waals surface area contributed by atoms with Gasteiger partial charge in [-0.3, -0.25) is 0 Å². The number of allylic oxidation sites excluding steroid dienone is 1. The Morgan fingerprint density at radius 1 is 1.33 bits per heavy atom. The van der Waals surface area contributed by atoms with E-state index in [1.54, 1.807) is 18.2 Å². The standard InChI is InChI=1S/C18H13ClN2O2S/c1-2-22-17-8-7-15(23-17)9-13(10-20)18-21-16(11-24-18)12-3-5-14(19)6-4-12/h3-9,11H,2H2,1H3/b13-9-. The molecule has 0 unspecified atom stereocenters. The van der Waals surface area contributed by atoms with E-state index in [9.17, 15) is 5.26 Å². The van der Waals surface area contributed by atoms with Crippen LogP contribution in [0.15, 0.2) is 46.2 Å². The molecule has 0 aliphatic carbocycles. The van der Waals surface area contributed by atoms with Crippen molar-refractivity contribution in [2.45, 2.75) is 6.92 Å². The van der Waals surface area contributed by atoms with Gasteiger partial charge in [0, 0.05) is 28.1 Å². The smallest absolute Gasteiger partial charge is 0.284 e. The van der Waals surface area contributed by atoms with E-state index in [2.05, 4.69) is 11.1 Å². The van der Waals surface area contributed by atoms with Gasteiger partial charge in [-0.05, 0) is 25.1 Å². The summed E-state index contributed by atoms with van der Waals surface area (Å²) in [6.45, 7) is 2.41. The zero-order valence-electron chi connectivity index (χ0n) is 12.8. The predicted molar refractivity (Wildman–Crippen MR) is 95.9 cm³/mol. The van der Waals surface area contributed by atoms with Crippen molar-refractivity contribution in [2.24, 2.45) is 0 Å². The molecule has 24 heavy (non-hydrogen) atoms. The van der Waals surface area contributed by atoms with E-state index in [0.29, 0.717) is 33.9 Å². The highest BCUT2D eigenvalue weighted by molar-refractivity contribution is 7.11. The molecule has 6 heteroatoms. The summed E-state index contributed by atoms with van der Waals surface area (Å²) in [6.07, 6.45) is 1.66. The number of hydrogen-bond acceptors (Lipinski definition) is 5. The third-order valence-corrected chi connectivity index (χ3v) is 4.30. The van der Waals surface area contributed by atoms with Crippen LogP contribution in [0.2, 0.25) is 5.02 Å². The van der Waals surface area contributed by atoms with Crippen LogP contribution in [0.4, 0.5) is 0 Å². The zero-order valence-corrected chi connectivity index (χ0v) is 14.4. The van der Waals surface area contributed by atoms with E-state index in [1.165, 1.54) is 11.3 Å². The van der Waals surface area contributed by atoms with Crippen molar-refractivity contribution in [1.82, 2.24) is 4.98 Å². The molecular weight excluding hydrogens is 344 g/mol. The number of benzene rings is 1. The van der Waals surface area contributed by atoms with Crippen LogP contribution in [0.5, 0.6) is 5.95 Å². The van der Waals surface area contributed by atoms with Gasteiger partial charge in [-0.25, -0.2) is 4.98 Å². The van der Waals surface area contributed by atoms with Crippen molar-refractivity contribution in [3.05, 3.63) is 57.6 Å². The topological polar surface area (TPSA) is 59.0 Å². The van der Waals surface area contributed by atoms with Crippen LogP contribution in [0.25, 0.3) is 22.9 Å². The summed E-state index contributed by atoms with van der Waals surface area (Å²) in [5.41, 5.74) is 2.20. The Hall–Kier alpha value is -2.55. The maximum atomic E-state index is 9.43. The molecule has 0 saturated heterocycles. The molecule has 0 aliphatic heterocycles. The molecule has 0 atom stereocenters. The molecule has 2 aromatic heterocycles. The lowest BCUT2D eigenvalue weighted by Gasteiger charge is -1.97. The lowest BCUT2D eigenvalue weighted by Crippen LogP contribution is -1.87. The Morgan fingerprint density at radius 2 is 2.12 bits per heavy atom. The normalized spacial score (nSPS) is 11.3. The summed E-state index contributed by atoms with van der Waals surface area (Å²) in [5, 5.41) is 12.7. The van der Waals surface area contributed by atoms with Crippen LogP contribution >= 0.6 is 22.9 Å². The Balaban J connectivity index is 1.87. The number of thiazole rings is 1. The molecule has 0 N–H and O–H groups in total. The van der Waals surface area contributed by atoms with E-state index in [-0.39, 0.29) is 0 Å². The molecule has 0 spiro atoms. The van der Waals surface area contributed by atoms with Gasteiger partial charge in [-0.1, -0.05) is 23.7 Å². The van der Waals surface area contributed by atoms with Gasteiger partial charge >= 0.3 is 0 Å². The van der Waals surface area contributed by atoms with Gasteiger partial charge in [0.15, 0.2) is 0 Å². The summed E-state index contributed by atoms with van der Waals surface area (Å²) in [4.78, 5) is 4.53. The number of ether oxygens (including phenoxy) is 1. The first-order valence-electron chi connectivity index (χ1n) is 7.26. The highest BCUT2D eigenvalue weighted by Crippen LogP contribution is 2.28. The second-order valence-corrected chi connectivity index (χ2v) is 6.10. The quantitative estimate of drug-likeness (QED) is 0.565. The van der Waals surface area contributed by atoms with Gasteiger partial charge in [0.1, 0.15) is 16.8 Å². The minimum absolute atomic E-state index is 0.432. The number of aromatic nitrogens is 1. The summed E-state index contributed by atoms with van der Waals surface area (Å²) >= 11 is 7.31. The van der Waals surface area contributed by atoms with Gasteiger partial charge in [0.05, 0.1) is 17.9 Å². The molecule has 1 aromatic carbocycles. The first-order valence-corrected chi connectivity index (χ1v) is 8.51. The SMILES string of the molecule is CCOc1ccc(/C=C(/C#N)c2nc(-c3ccc(Cl)cc3)cs2)o1. The van der Waals surface area contributed by atoms with Crippen LogP contribution in [0.3, 0.4) is 0 Å². The Morgan fingerprint density at radius 3 is 2.83 bits per heavy atom. The molecule has 3 rings (SSSR count). The summed E-state index contributed by atoms with van der Waals surface area (Å²) in [6, 6.07) is 13.1. The fourth-order valence-electron chi connectivity index (χ4n) is 2.07. The van der Waals surface area contributed by atoms with Crippen LogP contribution in [-0.4, -0.2) is 11.6 Å². The summed E-state index contributed by atoms with van der Waals surface area (Å²) in [5.74, 6) is 0.986. The number of rotatable bonds is 5. The van der Waals surface area contributed by atoms with Crippen molar-refractivity contribution in [3.8, 4) is 23.3 Å². The first-order chi connectivity index (χ1) is 11.7.